The number of fused-ring (bicyclic) bond motifs is 1. The zero-order chi connectivity index (χ0) is 16.4. The van der Waals surface area contributed by atoms with E-state index in [0.29, 0.717) is 11.1 Å². The Kier molecular flexibility index (Phi) is 3.98. The van der Waals surface area contributed by atoms with Gasteiger partial charge in [0.05, 0.1) is 5.56 Å². The summed E-state index contributed by atoms with van der Waals surface area (Å²) in [6.07, 6.45) is 1.65. The lowest BCUT2D eigenvalue weighted by Crippen LogP contribution is -2.14. The van der Waals surface area contributed by atoms with Gasteiger partial charge in [0, 0.05) is 22.7 Å². The number of hydrogen-bond acceptors (Lipinski definition) is 3. The molecular weight excluding hydrogens is 290 g/mol. The Labute approximate surface area is 134 Å². The summed E-state index contributed by atoms with van der Waals surface area (Å²) in [4.78, 5) is 27.4. The van der Waals surface area contributed by atoms with Crippen LogP contribution in [-0.2, 0) is 4.74 Å². The summed E-state index contributed by atoms with van der Waals surface area (Å²) in [6, 6.07) is 13.0. The average molecular weight is 307 g/mol. The highest BCUT2D eigenvalue weighted by Gasteiger charge is 2.15. The largest absolute Gasteiger partial charge is 0.454 e. The lowest BCUT2D eigenvalue weighted by Gasteiger charge is -2.06. The highest BCUT2D eigenvalue weighted by molar-refractivity contribution is 6.09. The van der Waals surface area contributed by atoms with E-state index in [1.807, 2.05) is 44.2 Å². The number of benzene rings is 2. The number of aryl methyl sites for hydroxylation is 2. The van der Waals surface area contributed by atoms with E-state index >= 15 is 0 Å². The zero-order valence-corrected chi connectivity index (χ0v) is 13.1. The van der Waals surface area contributed by atoms with Gasteiger partial charge in [0.2, 0.25) is 5.78 Å². The number of ketones is 1. The van der Waals surface area contributed by atoms with Crippen LogP contribution in [0.3, 0.4) is 0 Å². The SMILES string of the molecule is Cc1cc(C)cc(C(=O)OCC(=O)c2c[nH]c3ccccc23)c1. The number of carbonyl (C=O) groups excluding carboxylic acids is 2. The summed E-state index contributed by atoms with van der Waals surface area (Å²) in [7, 11) is 0. The number of ether oxygens (including phenoxy) is 1. The molecule has 1 aromatic heterocycles. The van der Waals surface area contributed by atoms with Crippen molar-refractivity contribution in [3.05, 3.63) is 70.9 Å². The Morgan fingerprint density at radius 2 is 1.74 bits per heavy atom. The lowest BCUT2D eigenvalue weighted by atomic mass is 10.1. The monoisotopic (exact) mass is 307 g/mol. The summed E-state index contributed by atoms with van der Waals surface area (Å²) >= 11 is 0. The van der Waals surface area contributed by atoms with Gasteiger partial charge in [-0.2, -0.15) is 0 Å². The Balaban J connectivity index is 1.72. The highest BCUT2D eigenvalue weighted by Crippen LogP contribution is 2.18. The van der Waals surface area contributed by atoms with E-state index < -0.39 is 5.97 Å². The van der Waals surface area contributed by atoms with Gasteiger partial charge in [-0.15, -0.1) is 0 Å². The number of carbonyl (C=O) groups is 2. The first-order valence-corrected chi connectivity index (χ1v) is 7.39. The molecule has 1 heterocycles. The van der Waals surface area contributed by atoms with Crippen molar-refractivity contribution in [1.29, 1.82) is 0 Å². The van der Waals surface area contributed by atoms with Gasteiger partial charge >= 0.3 is 5.97 Å². The summed E-state index contributed by atoms with van der Waals surface area (Å²) in [6.45, 7) is 3.56. The molecular formula is C19H17NO3. The van der Waals surface area contributed by atoms with Crippen LogP contribution >= 0.6 is 0 Å². The Morgan fingerprint density at radius 1 is 1.04 bits per heavy atom. The number of rotatable bonds is 4. The number of esters is 1. The lowest BCUT2D eigenvalue weighted by molar-refractivity contribution is 0.0475. The van der Waals surface area contributed by atoms with Gasteiger partial charge in [-0.25, -0.2) is 4.79 Å². The minimum Gasteiger partial charge on any atom is -0.454 e. The second-order valence-corrected chi connectivity index (χ2v) is 5.62. The van der Waals surface area contributed by atoms with Crippen molar-refractivity contribution in [1.82, 2.24) is 4.98 Å². The van der Waals surface area contributed by atoms with Crippen LogP contribution in [0.4, 0.5) is 0 Å². The predicted molar refractivity (Wildman–Crippen MR) is 88.8 cm³/mol. The van der Waals surface area contributed by atoms with Gasteiger partial charge < -0.3 is 9.72 Å². The summed E-state index contributed by atoms with van der Waals surface area (Å²) < 4.78 is 5.17. The fourth-order valence-corrected chi connectivity index (χ4v) is 2.69. The molecule has 2 aromatic carbocycles. The highest BCUT2D eigenvalue weighted by atomic mass is 16.5. The Morgan fingerprint density at radius 3 is 2.48 bits per heavy atom. The molecule has 0 unspecified atom stereocenters. The predicted octanol–water partition coefficient (Wildman–Crippen LogP) is 3.82. The van der Waals surface area contributed by atoms with Crippen LogP contribution in [0.25, 0.3) is 10.9 Å². The van der Waals surface area contributed by atoms with Crippen LogP contribution in [-0.4, -0.2) is 23.3 Å². The number of H-pyrrole nitrogens is 1. The topological polar surface area (TPSA) is 59.2 Å². The number of hydrogen-bond donors (Lipinski definition) is 1. The van der Waals surface area contributed by atoms with Gasteiger partial charge in [-0.05, 0) is 32.0 Å². The Hall–Kier alpha value is -2.88. The molecule has 4 heteroatoms. The molecule has 3 rings (SSSR count). The first-order chi connectivity index (χ1) is 11.0. The van der Waals surface area contributed by atoms with Crippen LogP contribution in [0.2, 0.25) is 0 Å². The van der Waals surface area contributed by atoms with Crippen molar-refractivity contribution in [2.45, 2.75) is 13.8 Å². The summed E-state index contributed by atoms with van der Waals surface area (Å²) in [5.41, 5.74) is 3.86. The summed E-state index contributed by atoms with van der Waals surface area (Å²) in [5, 5.41) is 0.833. The van der Waals surface area contributed by atoms with Crippen molar-refractivity contribution >= 4 is 22.7 Å². The number of nitrogens with one attached hydrogen (secondary N) is 1. The molecule has 4 nitrogen and oxygen atoms in total. The minimum atomic E-state index is -0.481. The molecule has 0 saturated heterocycles. The number of aromatic nitrogens is 1. The third kappa shape index (κ3) is 3.16. The van der Waals surface area contributed by atoms with Crippen molar-refractivity contribution in [2.75, 3.05) is 6.61 Å². The molecule has 0 fully saturated rings. The molecule has 23 heavy (non-hydrogen) atoms. The van der Waals surface area contributed by atoms with Gasteiger partial charge in [0.15, 0.2) is 6.61 Å². The van der Waals surface area contributed by atoms with E-state index in [1.165, 1.54) is 0 Å². The molecule has 3 aromatic rings. The standard InChI is InChI=1S/C19H17NO3/c1-12-7-13(2)9-14(8-12)19(22)23-11-18(21)16-10-20-17-6-4-3-5-15(16)17/h3-10,20H,11H2,1-2H3. The molecule has 0 spiro atoms. The third-order valence-electron chi connectivity index (χ3n) is 3.68. The Bertz CT molecular complexity index is 872. The molecule has 0 aliphatic heterocycles. The third-order valence-corrected chi connectivity index (χ3v) is 3.68. The van der Waals surface area contributed by atoms with E-state index in [4.69, 9.17) is 4.74 Å². The van der Waals surface area contributed by atoms with E-state index in [2.05, 4.69) is 4.98 Å². The fraction of sp³-hybridized carbons (Fsp3) is 0.158. The number of Topliss-reactive ketones (excluding diaryl/α,β-unsaturated/α-hetero) is 1. The summed E-state index contributed by atoms with van der Waals surface area (Å²) in [5.74, 6) is -0.704. The average Bonchev–Trinajstić information content (AvgIpc) is 2.95. The maximum atomic E-state index is 12.3. The van der Waals surface area contributed by atoms with Gasteiger partial charge in [-0.3, -0.25) is 4.79 Å². The number of aromatic amines is 1. The molecule has 0 aliphatic carbocycles. The van der Waals surface area contributed by atoms with Gasteiger partial charge in [-0.1, -0.05) is 35.4 Å². The molecule has 116 valence electrons. The smallest absolute Gasteiger partial charge is 0.338 e. The van der Waals surface area contributed by atoms with Crippen molar-refractivity contribution in [2.24, 2.45) is 0 Å². The van der Waals surface area contributed by atoms with E-state index in [9.17, 15) is 9.59 Å². The second kappa shape index (κ2) is 6.08. The molecule has 0 bridgehead atoms. The van der Waals surface area contributed by atoms with Crippen molar-refractivity contribution in [3.8, 4) is 0 Å². The molecule has 1 N–H and O–H groups in total. The maximum Gasteiger partial charge on any atom is 0.338 e. The molecule has 0 saturated carbocycles. The van der Waals surface area contributed by atoms with Crippen LogP contribution in [0.5, 0.6) is 0 Å². The maximum absolute atomic E-state index is 12.3. The zero-order valence-electron chi connectivity index (χ0n) is 13.1. The minimum absolute atomic E-state index is 0.222. The fourth-order valence-electron chi connectivity index (χ4n) is 2.69. The number of para-hydroxylation sites is 1. The van der Waals surface area contributed by atoms with Gasteiger partial charge in [0.1, 0.15) is 0 Å². The first kappa shape index (κ1) is 15.0. The van der Waals surface area contributed by atoms with Crippen LogP contribution < -0.4 is 0 Å². The van der Waals surface area contributed by atoms with E-state index in [0.717, 1.165) is 22.0 Å². The normalized spacial score (nSPS) is 10.7. The van der Waals surface area contributed by atoms with E-state index in [1.54, 1.807) is 18.3 Å². The first-order valence-electron chi connectivity index (χ1n) is 7.39. The molecule has 0 atom stereocenters. The quantitative estimate of drug-likeness (QED) is 0.589. The van der Waals surface area contributed by atoms with Crippen molar-refractivity contribution < 1.29 is 14.3 Å². The van der Waals surface area contributed by atoms with Gasteiger partial charge in [0.25, 0.3) is 0 Å². The van der Waals surface area contributed by atoms with Crippen LogP contribution in [0.15, 0.2) is 48.7 Å². The molecule has 0 amide bonds. The molecule has 0 radical (unpaired) electrons. The second-order valence-electron chi connectivity index (χ2n) is 5.62. The van der Waals surface area contributed by atoms with Crippen molar-refractivity contribution in [3.63, 3.8) is 0 Å². The molecule has 0 aliphatic rings. The van der Waals surface area contributed by atoms with Crippen LogP contribution in [0, 0.1) is 13.8 Å². The van der Waals surface area contributed by atoms with E-state index in [-0.39, 0.29) is 12.4 Å². The van der Waals surface area contributed by atoms with Crippen LogP contribution in [0.1, 0.15) is 31.8 Å².